The molecule has 0 saturated heterocycles. The van der Waals surface area contributed by atoms with Crippen molar-refractivity contribution in [3.8, 4) is 17.8 Å². The second kappa shape index (κ2) is 6.80. The molecule has 0 N–H and O–H groups in total. The van der Waals surface area contributed by atoms with Crippen molar-refractivity contribution < 1.29 is 9.15 Å². The lowest BCUT2D eigenvalue weighted by molar-refractivity contribution is 0.275. The lowest BCUT2D eigenvalue weighted by atomic mass is 10.1. The lowest BCUT2D eigenvalue weighted by Crippen LogP contribution is -2.12. The molecule has 0 bridgehead atoms. The molecule has 0 aliphatic heterocycles. The normalized spacial score (nSPS) is 10.2. The van der Waals surface area contributed by atoms with Crippen LogP contribution < -0.4 is 10.2 Å². The molecule has 104 valence electrons. The molecule has 2 rings (SSSR count). The molecule has 2 aromatic rings. The van der Waals surface area contributed by atoms with Crippen LogP contribution in [0.4, 0.5) is 0 Å². The van der Waals surface area contributed by atoms with Gasteiger partial charge in [0, 0.05) is 3.57 Å². The summed E-state index contributed by atoms with van der Waals surface area (Å²) in [6.45, 7) is 3.99. The van der Waals surface area contributed by atoms with E-state index in [1.807, 2.05) is 19.1 Å². The topological polar surface area (TPSA) is 39.4 Å². The van der Waals surface area contributed by atoms with Crippen LogP contribution in [0.3, 0.4) is 0 Å². The van der Waals surface area contributed by atoms with Gasteiger partial charge >= 0.3 is 0 Å². The Morgan fingerprint density at radius 2 is 2.20 bits per heavy atom. The fourth-order valence-electron chi connectivity index (χ4n) is 1.94. The van der Waals surface area contributed by atoms with Crippen LogP contribution in [0.1, 0.15) is 25.8 Å². The van der Waals surface area contributed by atoms with E-state index in [0.717, 1.165) is 9.99 Å². The van der Waals surface area contributed by atoms with Gasteiger partial charge in [0.05, 0.1) is 10.9 Å². The Bertz CT molecular complexity index is 735. The van der Waals surface area contributed by atoms with Gasteiger partial charge < -0.3 is 9.15 Å². The molecule has 0 unspecified atom stereocenters. The number of rotatable bonds is 4. The second-order valence-corrected chi connectivity index (χ2v) is 5.55. The Labute approximate surface area is 131 Å². The van der Waals surface area contributed by atoms with Crippen LogP contribution in [0.25, 0.3) is 11.0 Å². The van der Waals surface area contributed by atoms with Gasteiger partial charge in [0.1, 0.15) is 5.58 Å². The van der Waals surface area contributed by atoms with E-state index in [4.69, 9.17) is 9.15 Å². The molecule has 0 spiro atoms. The first kappa shape index (κ1) is 14.9. The van der Waals surface area contributed by atoms with Gasteiger partial charge in [-0.15, -0.1) is 5.92 Å². The molecule has 0 fully saturated rings. The monoisotopic (exact) mass is 382 g/mol. The summed E-state index contributed by atoms with van der Waals surface area (Å²) < 4.78 is 12.3. The minimum atomic E-state index is -0.00827. The molecule has 0 aliphatic rings. The maximum absolute atomic E-state index is 12.5. The predicted molar refractivity (Wildman–Crippen MR) is 88.1 cm³/mol. The zero-order valence-corrected chi connectivity index (χ0v) is 13.6. The summed E-state index contributed by atoms with van der Waals surface area (Å²) in [6, 6.07) is 5.55. The van der Waals surface area contributed by atoms with Crippen molar-refractivity contribution in [1.29, 1.82) is 0 Å². The van der Waals surface area contributed by atoms with E-state index in [0.29, 0.717) is 28.9 Å². The zero-order chi connectivity index (χ0) is 14.5. The van der Waals surface area contributed by atoms with E-state index in [1.165, 1.54) is 0 Å². The van der Waals surface area contributed by atoms with Gasteiger partial charge in [-0.1, -0.05) is 19.3 Å². The largest absolute Gasteiger partial charge is 0.452 e. The molecular formula is C16H15IO3. The van der Waals surface area contributed by atoms with Crippen molar-refractivity contribution in [3.63, 3.8) is 0 Å². The van der Waals surface area contributed by atoms with Gasteiger partial charge in [0.25, 0.3) is 5.95 Å². The quantitative estimate of drug-likeness (QED) is 0.597. The molecular weight excluding hydrogens is 367 g/mol. The van der Waals surface area contributed by atoms with Crippen molar-refractivity contribution in [1.82, 2.24) is 0 Å². The van der Waals surface area contributed by atoms with Crippen molar-refractivity contribution in [2.75, 3.05) is 6.61 Å². The first-order chi connectivity index (χ1) is 9.67. The Hall–Kier alpha value is -1.48. The van der Waals surface area contributed by atoms with Crippen LogP contribution in [0, 0.1) is 15.4 Å². The zero-order valence-electron chi connectivity index (χ0n) is 11.5. The molecule has 4 heteroatoms. The molecule has 0 aliphatic carbocycles. The van der Waals surface area contributed by atoms with Gasteiger partial charge in [0.15, 0.2) is 12.0 Å². The SMILES string of the molecule is CC#CCOc1oc2ccc(I)cc2c(=O)c1CCC. The maximum atomic E-state index is 12.5. The molecule has 0 saturated carbocycles. The van der Waals surface area contributed by atoms with Crippen molar-refractivity contribution in [2.45, 2.75) is 26.7 Å². The van der Waals surface area contributed by atoms with E-state index in [9.17, 15) is 4.79 Å². The predicted octanol–water partition coefficient (Wildman–Crippen LogP) is 3.75. The summed E-state index contributed by atoms with van der Waals surface area (Å²) in [4.78, 5) is 12.5. The van der Waals surface area contributed by atoms with Crippen LogP contribution >= 0.6 is 22.6 Å². The van der Waals surface area contributed by atoms with Gasteiger partial charge in [-0.3, -0.25) is 4.79 Å². The molecule has 3 nitrogen and oxygen atoms in total. The molecule has 1 aromatic carbocycles. The van der Waals surface area contributed by atoms with Gasteiger partial charge in [-0.05, 0) is 54.1 Å². The van der Waals surface area contributed by atoms with E-state index in [1.54, 1.807) is 13.0 Å². The smallest absolute Gasteiger partial charge is 0.293 e. The number of ether oxygens (including phenoxy) is 1. The number of hydrogen-bond donors (Lipinski definition) is 0. The summed E-state index contributed by atoms with van der Waals surface area (Å²) in [6.07, 6.45) is 1.49. The van der Waals surface area contributed by atoms with Gasteiger partial charge in [0.2, 0.25) is 0 Å². The highest BCUT2D eigenvalue weighted by Gasteiger charge is 2.15. The maximum Gasteiger partial charge on any atom is 0.293 e. The third kappa shape index (κ3) is 3.15. The fraction of sp³-hybridized carbons (Fsp3) is 0.312. The van der Waals surface area contributed by atoms with Gasteiger partial charge in [-0.2, -0.15) is 0 Å². The van der Waals surface area contributed by atoms with Crippen LogP contribution in [-0.4, -0.2) is 6.61 Å². The third-order valence-electron chi connectivity index (χ3n) is 2.86. The highest BCUT2D eigenvalue weighted by Crippen LogP contribution is 2.24. The lowest BCUT2D eigenvalue weighted by Gasteiger charge is -2.09. The summed E-state index contributed by atoms with van der Waals surface area (Å²) in [5, 5.41) is 0.606. The standard InChI is InChI=1S/C16H15IO3/c1-3-5-9-19-16-12(6-4-2)15(18)13-10-11(17)7-8-14(13)20-16/h7-8,10H,4,6,9H2,1-2H3. The average Bonchev–Trinajstić information content (AvgIpc) is 2.44. The fourth-order valence-corrected chi connectivity index (χ4v) is 2.43. The number of hydrogen-bond acceptors (Lipinski definition) is 3. The van der Waals surface area contributed by atoms with Gasteiger partial charge in [-0.25, -0.2) is 0 Å². The van der Waals surface area contributed by atoms with E-state index in [-0.39, 0.29) is 12.0 Å². The Kier molecular flexibility index (Phi) is 5.07. The second-order valence-electron chi connectivity index (χ2n) is 4.30. The molecule has 0 atom stereocenters. The van der Waals surface area contributed by atoms with Crippen molar-refractivity contribution >= 4 is 33.6 Å². The van der Waals surface area contributed by atoms with Crippen molar-refractivity contribution in [3.05, 3.63) is 37.6 Å². The van der Waals surface area contributed by atoms with Crippen LogP contribution in [-0.2, 0) is 6.42 Å². The van der Waals surface area contributed by atoms with Crippen LogP contribution in [0.2, 0.25) is 0 Å². The minimum Gasteiger partial charge on any atom is -0.452 e. The number of halogens is 1. The van der Waals surface area contributed by atoms with Crippen LogP contribution in [0.5, 0.6) is 5.95 Å². The summed E-state index contributed by atoms with van der Waals surface area (Å²) in [7, 11) is 0. The first-order valence-electron chi connectivity index (χ1n) is 6.45. The molecule has 0 radical (unpaired) electrons. The molecule has 1 heterocycles. The number of benzene rings is 1. The highest BCUT2D eigenvalue weighted by atomic mass is 127. The Balaban J connectivity index is 2.59. The molecule has 1 aromatic heterocycles. The molecule has 20 heavy (non-hydrogen) atoms. The van der Waals surface area contributed by atoms with Crippen molar-refractivity contribution in [2.24, 2.45) is 0 Å². The average molecular weight is 382 g/mol. The molecule has 0 amide bonds. The third-order valence-corrected chi connectivity index (χ3v) is 3.53. The van der Waals surface area contributed by atoms with Crippen LogP contribution in [0.15, 0.2) is 27.4 Å². The van der Waals surface area contributed by atoms with E-state index >= 15 is 0 Å². The highest BCUT2D eigenvalue weighted by molar-refractivity contribution is 14.1. The summed E-state index contributed by atoms with van der Waals surface area (Å²) in [5.74, 6) is 5.86. The Morgan fingerprint density at radius 1 is 1.40 bits per heavy atom. The summed E-state index contributed by atoms with van der Waals surface area (Å²) >= 11 is 2.18. The Morgan fingerprint density at radius 3 is 2.90 bits per heavy atom. The minimum absolute atomic E-state index is 0.00827. The first-order valence-corrected chi connectivity index (χ1v) is 7.53. The summed E-state index contributed by atoms with van der Waals surface area (Å²) in [5.41, 5.74) is 1.14. The van der Waals surface area contributed by atoms with E-state index in [2.05, 4.69) is 34.4 Å². The van der Waals surface area contributed by atoms with E-state index < -0.39 is 0 Å². The number of fused-ring (bicyclic) bond motifs is 1.